The van der Waals surface area contributed by atoms with Crippen molar-refractivity contribution in [3.05, 3.63) is 71.8 Å². The summed E-state index contributed by atoms with van der Waals surface area (Å²) in [7, 11) is 0. The van der Waals surface area contributed by atoms with E-state index >= 15 is 0 Å². The lowest BCUT2D eigenvalue weighted by Crippen LogP contribution is -2.49. The molecule has 0 radical (unpaired) electrons. The molecule has 2 aromatic carbocycles. The van der Waals surface area contributed by atoms with E-state index in [0.29, 0.717) is 31.3 Å². The van der Waals surface area contributed by atoms with E-state index in [9.17, 15) is 9.90 Å². The monoisotopic (exact) mass is 364 g/mol. The van der Waals surface area contributed by atoms with Crippen LogP contribution in [0.25, 0.3) is 0 Å². The summed E-state index contributed by atoms with van der Waals surface area (Å²) in [6, 6.07) is 21.4. The lowest BCUT2D eigenvalue weighted by molar-refractivity contribution is -0.151. The highest BCUT2D eigenvalue weighted by Gasteiger charge is 2.44. The third kappa shape index (κ3) is 4.23. The molecule has 4 nitrogen and oxygen atoms in total. The largest absolute Gasteiger partial charge is 0.481 e. The van der Waals surface area contributed by atoms with Gasteiger partial charge in [-0.2, -0.15) is 0 Å². The van der Waals surface area contributed by atoms with Crippen molar-refractivity contribution in [3.8, 4) is 0 Å². The minimum atomic E-state index is -0.647. The number of carboxylic acid groups (broad SMARTS) is 1. The Balaban J connectivity index is 1.30. The van der Waals surface area contributed by atoms with Crippen LogP contribution in [-0.4, -0.2) is 41.7 Å². The van der Waals surface area contributed by atoms with Gasteiger partial charge in [-0.3, -0.25) is 9.69 Å². The molecule has 27 heavy (non-hydrogen) atoms. The third-order valence-electron chi connectivity index (χ3n) is 6.24. The van der Waals surface area contributed by atoms with Crippen LogP contribution in [-0.2, 0) is 11.3 Å². The van der Waals surface area contributed by atoms with E-state index in [1.807, 2.05) is 12.1 Å². The number of nitrogens with zero attached hydrogens (tertiary/aromatic N) is 1. The van der Waals surface area contributed by atoms with Crippen molar-refractivity contribution in [2.45, 2.75) is 37.8 Å². The standard InChI is InChI=1S/C23H28N2O2/c26-22(27)23(17-24-21-15-20(21)19-9-5-2-6-10-19)11-13-25(14-12-23)16-18-7-3-1-4-8-18/h1-10,20-21,24H,11-17H2,(H,26,27)/t20-,21+/m1/s1. The summed E-state index contributed by atoms with van der Waals surface area (Å²) < 4.78 is 0. The summed E-state index contributed by atoms with van der Waals surface area (Å²) in [5.74, 6) is -0.110. The topological polar surface area (TPSA) is 52.6 Å². The zero-order valence-corrected chi connectivity index (χ0v) is 15.7. The number of benzene rings is 2. The van der Waals surface area contributed by atoms with Gasteiger partial charge in [0.05, 0.1) is 5.41 Å². The van der Waals surface area contributed by atoms with Crippen LogP contribution in [0.1, 0.15) is 36.3 Å². The molecular formula is C23H28N2O2. The number of aliphatic carboxylic acids is 1. The number of hydrogen-bond donors (Lipinski definition) is 2. The minimum Gasteiger partial charge on any atom is -0.481 e. The smallest absolute Gasteiger partial charge is 0.311 e. The molecule has 1 aliphatic carbocycles. The maximum absolute atomic E-state index is 12.1. The van der Waals surface area contributed by atoms with Gasteiger partial charge in [0.2, 0.25) is 0 Å². The molecule has 2 atom stereocenters. The fraction of sp³-hybridized carbons (Fsp3) is 0.435. The molecule has 0 spiro atoms. The molecule has 0 aromatic heterocycles. The van der Waals surface area contributed by atoms with Gasteiger partial charge in [-0.1, -0.05) is 60.7 Å². The summed E-state index contributed by atoms with van der Waals surface area (Å²) in [4.78, 5) is 14.4. The van der Waals surface area contributed by atoms with Gasteiger partial charge in [-0.05, 0) is 43.5 Å². The normalized spacial score (nSPS) is 24.4. The van der Waals surface area contributed by atoms with Crippen molar-refractivity contribution < 1.29 is 9.90 Å². The lowest BCUT2D eigenvalue weighted by atomic mass is 9.78. The van der Waals surface area contributed by atoms with E-state index in [1.165, 1.54) is 11.1 Å². The molecular weight excluding hydrogens is 336 g/mol. The molecule has 2 fully saturated rings. The van der Waals surface area contributed by atoms with Crippen LogP contribution >= 0.6 is 0 Å². The predicted octanol–water partition coefficient (Wildman–Crippen LogP) is 3.50. The summed E-state index contributed by atoms with van der Waals surface area (Å²) in [6.45, 7) is 3.17. The van der Waals surface area contributed by atoms with Crippen LogP contribution in [0.2, 0.25) is 0 Å². The Kier molecular flexibility index (Phi) is 5.28. The molecule has 0 unspecified atom stereocenters. The summed E-state index contributed by atoms with van der Waals surface area (Å²) in [6.07, 6.45) is 2.54. The van der Waals surface area contributed by atoms with Crippen molar-refractivity contribution in [2.75, 3.05) is 19.6 Å². The minimum absolute atomic E-state index is 0.422. The lowest BCUT2D eigenvalue weighted by Gasteiger charge is -2.39. The number of carbonyl (C=O) groups is 1. The molecule has 2 N–H and O–H groups in total. The first-order chi connectivity index (χ1) is 13.2. The average molecular weight is 364 g/mol. The Bertz CT molecular complexity index is 754. The molecule has 0 bridgehead atoms. The number of rotatable bonds is 7. The molecule has 1 aliphatic heterocycles. The van der Waals surface area contributed by atoms with Gasteiger partial charge in [0.1, 0.15) is 0 Å². The van der Waals surface area contributed by atoms with Gasteiger partial charge < -0.3 is 10.4 Å². The quantitative estimate of drug-likeness (QED) is 0.790. The first kappa shape index (κ1) is 18.2. The van der Waals surface area contributed by atoms with Gasteiger partial charge in [0.15, 0.2) is 0 Å². The Hall–Kier alpha value is -2.17. The number of nitrogens with one attached hydrogen (secondary N) is 1. The molecule has 1 heterocycles. The van der Waals surface area contributed by atoms with Crippen molar-refractivity contribution >= 4 is 5.97 Å². The van der Waals surface area contributed by atoms with Gasteiger partial charge in [-0.25, -0.2) is 0 Å². The van der Waals surface area contributed by atoms with Gasteiger partial charge in [-0.15, -0.1) is 0 Å². The Morgan fingerprint density at radius 2 is 1.67 bits per heavy atom. The van der Waals surface area contributed by atoms with E-state index < -0.39 is 11.4 Å². The number of carboxylic acids is 1. The van der Waals surface area contributed by atoms with Gasteiger partial charge >= 0.3 is 5.97 Å². The van der Waals surface area contributed by atoms with E-state index in [-0.39, 0.29) is 0 Å². The van der Waals surface area contributed by atoms with E-state index in [2.05, 4.69) is 58.7 Å². The van der Waals surface area contributed by atoms with Gasteiger partial charge in [0.25, 0.3) is 0 Å². The highest BCUT2D eigenvalue weighted by molar-refractivity contribution is 5.75. The van der Waals surface area contributed by atoms with E-state index in [4.69, 9.17) is 0 Å². The highest BCUT2D eigenvalue weighted by Crippen LogP contribution is 2.42. The van der Waals surface area contributed by atoms with Crippen LogP contribution in [0.4, 0.5) is 0 Å². The first-order valence-corrected chi connectivity index (χ1v) is 9.94. The number of likely N-dealkylation sites (tertiary alicyclic amines) is 1. The molecule has 4 rings (SSSR count). The fourth-order valence-corrected chi connectivity index (χ4v) is 4.26. The molecule has 1 saturated heterocycles. The molecule has 2 aromatic rings. The summed E-state index contributed by atoms with van der Waals surface area (Å²) >= 11 is 0. The van der Waals surface area contributed by atoms with Crippen LogP contribution in [0.15, 0.2) is 60.7 Å². The maximum Gasteiger partial charge on any atom is 0.311 e. The van der Waals surface area contributed by atoms with Crippen molar-refractivity contribution in [1.29, 1.82) is 0 Å². The third-order valence-corrected chi connectivity index (χ3v) is 6.24. The number of hydrogen-bond acceptors (Lipinski definition) is 3. The first-order valence-electron chi connectivity index (χ1n) is 9.94. The van der Waals surface area contributed by atoms with Crippen LogP contribution < -0.4 is 5.32 Å². The Labute approximate surface area is 161 Å². The summed E-state index contributed by atoms with van der Waals surface area (Å²) in [5, 5.41) is 13.5. The van der Waals surface area contributed by atoms with Crippen molar-refractivity contribution in [1.82, 2.24) is 10.2 Å². The predicted molar refractivity (Wildman–Crippen MR) is 107 cm³/mol. The molecule has 0 amide bonds. The van der Waals surface area contributed by atoms with Crippen molar-refractivity contribution in [3.63, 3.8) is 0 Å². The second-order valence-corrected chi connectivity index (χ2v) is 8.09. The molecule has 142 valence electrons. The highest BCUT2D eigenvalue weighted by atomic mass is 16.4. The zero-order valence-electron chi connectivity index (χ0n) is 15.7. The van der Waals surface area contributed by atoms with Gasteiger partial charge in [0, 0.05) is 25.0 Å². The van der Waals surface area contributed by atoms with Crippen molar-refractivity contribution in [2.24, 2.45) is 5.41 Å². The fourth-order valence-electron chi connectivity index (χ4n) is 4.26. The Morgan fingerprint density at radius 1 is 1.04 bits per heavy atom. The maximum atomic E-state index is 12.1. The average Bonchev–Trinajstić information content (AvgIpc) is 3.49. The SMILES string of the molecule is O=C(O)C1(CN[C@H]2C[C@@H]2c2ccccc2)CCN(Cc2ccccc2)CC1. The van der Waals surface area contributed by atoms with Crippen LogP contribution in [0.3, 0.4) is 0 Å². The van der Waals surface area contributed by atoms with Crippen LogP contribution in [0, 0.1) is 5.41 Å². The zero-order chi connectivity index (χ0) is 18.7. The second-order valence-electron chi connectivity index (χ2n) is 8.09. The summed E-state index contributed by atoms with van der Waals surface area (Å²) in [5.41, 5.74) is 2.02. The molecule has 2 aliphatic rings. The second kappa shape index (κ2) is 7.83. The number of piperidine rings is 1. The molecule has 4 heteroatoms. The molecule has 1 saturated carbocycles. The van der Waals surface area contributed by atoms with E-state index in [1.54, 1.807) is 0 Å². The van der Waals surface area contributed by atoms with Crippen LogP contribution in [0.5, 0.6) is 0 Å². The van der Waals surface area contributed by atoms with E-state index in [0.717, 1.165) is 26.1 Å². The Morgan fingerprint density at radius 3 is 2.30 bits per heavy atom.